The van der Waals surface area contributed by atoms with Crippen molar-refractivity contribution in [3.05, 3.63) is 28.7 Å². The second-order valence-electron chi connectivity index (χ2n) is 4.03. The highest BCUT2D eigenvalue weighted by molar-refractivity contribution is 9.10. The fraction of sp³-hybridized carbons (Fsp3) is 0.308. The summed E-state index contributed by atoms with van der Waals surface area (Å²) in [4.78, 5) is 16.0. The van der Waals surface area contributed by atoms with Crippen molar-refractivity contribution in [3.8, 4) is 11.4 Å². The number of aromatic nitrogens is 3. The molecule has 0 radical (unpaired) electrons. The van der Waals surface area contributed by atoms with Gasteiger partial charge in [0.05, 0.1) is 5.25 Å². The van der Waals surface area contributed by atoms with Gasteiger partial charge in [0.2, 0.25) is 5.16 Å². The van der Waals surface area contributed by atoms with Gasteiger partial charge in [0.15, 0.2) is 5.82 Å². The molecule has 0 aliphatic heterocycles. The van der Waals surface area contributed by atoms with E-state index in [1.54, 1.807) is 0 Å². The summed E-state index contributed by atoms with van der Waals surface area (Å²) in [6, 6.07) is 7.80. The molecule has 0 unspecified atom stereocenters. The number of aromatic amines is 1. The number of thioether (sulfide) groups is 1. The first kappa shape index (κ1) is 14.3. The highest BCUT2D eigenvalue weighted by Crippen LogP contribution is 2.27. The largest absolute Gasteiger partial charge is 0.298 e. The molecule has 19 heavy (non-hydrogen) atoms. The molecule has 0 saturated heterocycles. The summed E-state index contributed by atoms with van der Waals surface area (Å²) in [5.41, 5.74) is 0.955. The number of hydrogen-bond donors (Lipinski definition) is 1. The second kappa shape index (κ2) is 6.34. The first-order valence-corrected chi connectivity index (χ1v) is 7.65. The topological polar surface area (TPSA) is 58.6 Å². The average Bonchev–Trinajstić information content (AvgIpc) is 2.86. The van der Waals surface area contributed by atoms with Crippen LogP contribution in [-0.4, -0.2) is 26.2 Å². The Bertz CT molecular complexity index is 585. The van der Waals surface area contributed by atoms with E-state index >= 15 is 0 Å². The monoisotopic (exact) mass is 339 g/mol. The maximum Gasteiger partial charge on any atom is 0.209 e. The molecule has 0 fully saturated rings. The smallest absolute Gasteiger partial charge is 0.209 e. The van der Waals surface area contributed by atoms with Gasteiger partial charge in [0.1, 0.15) is 5.78 Å². The van der Waals surface area contributed by atoms with Crippen molar-refractivity contribution in [2.75, 3.05) is 0 Å². The average molecular weight is 340 g/mol. The number of ketones is 1. The molecule has 2 rings (SSSR count). The van der Waals surface area contributed by atoms with Crippen LogP contribution in [0.15, 0.2) is 33.9 Å². The number of hydrogen-bond acceptors (Lipinski definition) is 4. The molecule has 100 valence electrons. The molecule has 0 aliphatic carbocycles. The van der Waals surface area contributed by atoms with Crippen molar-refractivity contribution in [3.63, 3.8) is 0 Å². The minimum absolute atomic E-state index is 0.118. The Balaban J connectivity index is 2.16. The van der Waals surface area contributed by atoms with Crippen LogP contribution in [0.25, 0.3) is 11.4 Å². The standard InChI is InChI=1S/C13H14BrN3OS/c1-3-11(18)8(2)19-13-15-12(16-17-13)9-6-4-5-7-10(9)14/h4-8H,3H2,1-2H3,(H,15,16,17)/t8-/m0/s1. The predicted octanol–water partition coefficient (Wildman–Crippen LogP) is 3.69. The molecule has 6 heteroatoms. The molecule has 1 atom stereocenters. The number of rotatable bonds is 5. The molecule has 0 bridgehead atoms. The lowest BCUT2D eigenvalue weighted by atomic mass is 10.2. The summed E-state index contributed by atoms with van der Waals surface area (Å²) in [6.07, 6.45) is 0.537. The first-order chi connectivity index (χ1) is 9.11. The van der Waals surface area contributed by atoms with E-state index in [-0.39, 0.29) is 11.0 Å². The minimum Gasteiger partial charge on any atom is -0.298 e. The van der Waals surface area contributed by atoms with E-state index in [2.05, 4.69) is 31.1 Å². The fourth-order valence-electron chi connectivity index (χ4n) is 1.58. The molecule has 4 nitrogen and oxygen atoms in total. The quantitative estimate of drug-likeness (QED) is 0.844. The van der Waals surface area contributed by atoms with Crippen LogP contribution in [-0.2, 0) is 4.79 Å². The maximum absolute atomic E-state index is 11.6. The number of halogens is 1. The lowest BCUT2D eigenvalue weighted by Crippen LogP contribution is -2.11. The van der Waals surface area contributed by atoms with Crippen LogP contribution in [0.2, 0.25) is 0 Å². The van der Waals surface area contributed by atoms with E-state index in [1.165, 1.54) is 11.8 Å². The van der Waals surface area contributed by atoms with Crippen LogP contribution in [0.3, 0.4) is 0 Å². The number of nitrogens with zero attached hydrogens (tertiary/aromatic N) is 2. The zero-order valence-corrected chi connectivity index (χ0v) is 13.1. The zero-order valence-electron chi connectivity index (χ0n) is 10.7. The van der Waals surface area contributed by atoms with Crippen molar-refractivity contribution in [2.24, 2.45) is 0 Å². The van der Waals surface area contributed by atoms with E-state index in [0.29, 0.717) is 17.4 Å². The summed E-state index contributed by atoms with van der Waals surface area (Å²) in [6.45, 7) is 3.74. The Morgan fingerprint density at radius 2 is 2.21 bits per heavy atom. The van der Waals surface area contributed by atoms with Gasteiger partial charge in [0, 0.05) is 16.5 Å². The minimum atomic E-state index is -0.118. The Hall–Kier alpha value is -1.14. The molecule has 1 aromatic carbocycles. The summed E-state index contributed by atoms with van der Waals surface area (Å²) in [7, 11) is 0. The molecule has 0 amide bonds. The number of carbonyl (C=O) groups excluding carboxylic acids is 1. The van der Waals surface area contributed by atoms with Gasteiger partial charge in [-0.2, -0.15) is 0 Å². The van der Waals surface area contributed by atoms with Crippen molar-refractivity contribution in [1.82, 2.24) is 15.2 Å². The van der Waals surface area contributed by atoms with E-state index in [4.69, 9.17) is 0 Å². The van der Waals surface area contributed by atoms with Crippen molar-refractivity contribution in [2.45, 2.75) is 30.7 Å². The van der Waals surface area contributed by atoms with E-state index < -0.39 is 0 Å². The number of benzene rings is 1. The van der Waals surface area contributed by atoms with E-state index in [0.717, 1.165) is 10.0 Å². The molecule has 0 saturated carbocycles. The summed E-state index contributed by atoms with van der Waals surface area (Å²) in [5.74, 6) is 0.906. The van der Waals surface area contributed by atoms with E-state index in [1.807, 2.05) is 38.1 Å². The van der Waals surface area contributed by atoms with Gasteiger partial charge < -0.3 is 0 Å². The molecular weight excluding hydrogens is 326 g/mol. The summed E-state index contributed by atoms with van der Waals surface area (Å²) >= 11 is 4.86. The van der Waals surface area contributed by atoms with Crippen LogP contribution in [0, 0.1) is 0 Å². The molecule has 0 spiro atoms. The molecule has 1 N–H and O–H groups in total. The van der Waals surface area contributed by atoms with Gasteiger partial charge in [-0.15, -0.1) is 5.10 Å². The highest BCUT2D eigenvalue weighted by atomic mass is 79.9. The lowest BCUT2D eigenvalue weighted by Gasteiger charge is -2.04. The van der Waals surface area contributed by atoms with Crippen LogP contribution in [0.5, 0.6) is 0 Å². The van der Waals surface area contributed by atoms with Crippen LogP contribution < -0.4 is 0 Å². The third kappa shape index (κ3) is 3.45. The van der Waals surface area contributed by atoms with Gasteiger partial charge >= 0.3 is 0 Å². The Labute approximate surface area is 124 Å². The summed E-state index contributed by atoms with van der Waals surface area (Å²) in [5, 5.41) is 7.53. The second-order valence-corrected chi connectivity index (χ2v) is 6.19. The SMILES string of the molecule is CCC(=O)[C@H](C)Sc1n[nH]c(-c2ccccc2Br)n1. The molecule has 2 aromatic rings. The molecule has 1 heterocycles. The highest BCUT2D eigenvalue weighted by Gasteiger charge is 2.16. The Morgan fingerprint density at radius 1 is 1.47 bits per heavy atom. The normalized spacial score (nSPS) is 12.4. The molecule has 0 aliphatic rings. The Morgan fingerprint density at radius 3 is 2.89 bits per heavy atom. The number of H-pyrrole nitrogens is 1. The third-order valence-corrected chi connectivity index (χ3v) is 4.38. The fourth-order valence-corrected chi connectivity index (χ4v) is 2.91. The van der Waals surface area contributed by atoms with E-state index in [9.17, 15) is 4.79 Å². The lowest BCUT2D eigenvalue weighted by molar-refractivity contribution is -0.118. The first-order valence-electron chi connectivity index (χ1n) is 5.98. The zero-order chi connectivity index (χ0) is 13.8. The number of nitrogens with one attached hydrogen (secondary N) is 1. The van der Waals surface area contributed by atoms with Crippen LogP contribution >= 0.6 is 27.7 Å². The van der Waals surface area contributed by atoms with Crippen LogP contribution in [0.1, 0.15) is 20.3 Å². The number of carbonyl (C=O) groups is 1. The van der Waals surface area contributed by atoms with Gasteiger partial charge in [-0.05, 0) is 13.0 Å². The van der Waals surface area contributed by atoms with Crippen molar-refractivity contribution >= 4 is 33.5 Å². The maximum atomic E-state index is 11.6. The summed E-state index contributed by atoms with van der Waals surface area (Å²) < 4.78 is 0.959. The molecular formula is C13H14BrN3OS. The van der Waals surface area contributed by atoms with Gasteiger partial charge in [-0.25, -0.2) is 4.98 Å². The van der Waals surface area contributed by atoms with Crippen LogP contribution in [0.4, 0.5) is 0 Å². The van der Waals surface area contributed by atoms with Gasteiger partial charge in [-0.3, -0.25) is 9.89 Å². The molecule has 1 aromatic heterocycles. The predicted molar refractivity (Wildman–Crippen MR) is 80.1 cm³/mol. The van der Waals surface area contributed by atoms with Gasteiger partial charge in [0.25, 0.3) is 0 Å². The third-order valence-electron chi connectivity index (χ3n) is 2.68. The van der Waals surface area contributed by atoms with Crippen molar-refractivity contribution in [1.29, 1.82) is 0 Å². The Kier molecular flexibility index (Phi) is 4.76. The van der Waals surface area contributed by atoms with Crippen molar-refractivity contribution < 1.29 is 4.79 Å². The number of Topliss-reactive ketones (excluding diaryl/α,β-unsaturated/α-hetero) is 1. The van der Waals surface area contributed by atoms with Gasteiger partial charge in [-0.1, -0.05) is 52.8 Å².